The van der Waals surface area contributed by atoms with E-state index >= 15 is 0 Å². The van der Waals surface area contributed by atoms with Gasteiger partial charge in [-0.05, 0) is 24.6 Å². The van der Waals surface area contributed by atoms with E-state index in [1.54, 1.807) is 31.2 Å². The Morgan fingerprint density at radius 2 is 1.88 bits per heavy atom. The van der Waals surface area contributed by atoms with Gasteiger partial charge in [0.1, 0.15) is 0 Å². The van der Waals surface area contributed by atoms with Crippen molar-refractivity contribution in [1.82, 2.24) is 0 Å². The zero-order valence-corrected chi connectivity index (χ0v) is 14.1. The van der Waals surface area contributed by atoms with Crippen LogP contribution in [0.1, 0.15) is 26.3 Å². The second-order valence-corrected chi connectivity index (χ2v) is 5.67. The molecule has 0 spiro atoms. The number of aryl methyl sites for hydroxylation is 1. The third-order valence-electron chi connectivity index (χ3n) is 3.19. The number of benzene rings is 2. The predicted molar refractivity (Wildman–Crippen MR) is 91.9 cm³/mol. The minimum Gasteiger partial charge on any atom is -0.452 e. The normalized spacial score (nSPS) is 10.1. The highest BCUT2D eigenvalue weighted by Gasteiger charge is 2.16. The molecule has 0 fully saturated rings. The molecule has 0 aliphatic heterocycles. The van der Waals surface area contributed by atoms with E-state index in [9.17, 15) is 14.4 Å². The Labute approximate surface area is 148 Å². The molecule has 0 saturated carbocycles. The first-order chi connectivity index (χ1) is 11.4. The fourth-order valence-corrected chi connectivity index (χ4v) is 2.41. The Balaban J connectivity index is 2.03. The number of ether oxygens (including phenoxy) is 1. The zero-order valence-electron chi connectivity index (χ0n) is 12.6. The molecular weight excluding hydrogens is 353 g/mol. The molecule has 0 bridgehead atoms. The summed E-state index contributed by atoms with van der Waals surface area (Å²) in [6.45, 7) is 1.23. The first kappa shape index (κ1) is 18.0. The summed E-state index contributed by atoms with van der Waals surface area (Å²) in [7, 11) is 0. The summed E-state index contributed by atoms with van der Waals surface area (Å²) in [6, 6.07) is 9.46. The van der Waals surface area contributed by atoms with Gasteiger partial charge in [0, 0.05) is 5.56 Å². The molecule has 1 N–H and O–H groups in total. The highest BCUT2D eigenvalue weighted by atomic mass is 35.5. The number of carbonyl (C=O) groups excluding carboxylic acids is 3. The fraction of sp³-hybridized carbons (Fsp3) is 0.118. The van der Waals surface area contributed by atoms with E-state index < -0.39 is 18.5 Å². The van der Waals surface area contributed by atoms with Crippen LogP contribution in [-0.2, 0) is 9.53 Å². The summed E-state index contributed by atoms with van der Waals surface area (Å²) in [5.41, 5.74) is 1.28. The van der Waals surface area contributed by atoms with Crippen LogP contribution in [0.4, 0.5) is 5.69 Å². The average Bonchev–Trinajstić information content (AvgIpc) is 2.59. The lowest BCUT2D eigenvalue weighted by Gasteiger charge is -2.11. The van der Waals surface area contributed by atoms with Crippen LogP contribution in [0.2, 0.25) is 10.0 Å². The predicted octanol–water partition coefficient (Wildman–Crippen LogP) is 3.91. The smallest absolute Gasteiger partial charge is 0.339 e. The number of carbonyl (C=O) groups is 3. The standard InChI is InChI=1S/C17H13Cl2NO4/c1-10-6-7-13(18)16(15(10)19)20-14(22)9-24-17(23)12-5-3-2-4-11(12)8-21/h2-8H,9H2,1H3,(H,20,22). The molecule has 7 heteroatoms. The third-order valence-corrected chi connectivity index (χ3v) is 3.99. The Kier molecular flexibility index (Phi) is 5.95. The van der Waals surface area contributed by atoms with Gasteiger partial charge in [0.15, 0.2) is 12.9 Å². The highest BCUT2D eigenvalue weighted by Crippen LogP contribution is 2.32. The Morgan fingerprint density at radius 1 is 1.17 bits per heavy atom. The van der Waals surface area contributed by atoms with Crippen LogP contribution in [0.5, 0.6) is 0 Å². The molecule has 0 atom stereocenters. The molecule has 0 radical (unpaired) electrons. The van der Waals surface area contributed by atoms with E-state index in [-0.39, 0.29) is 21.8 Å². The number of nitrogens with one attached hydrogen (secondary N) is 1. The summed E-state index contributed by atoms with van der Waals surface area (Å²) in [5, 5.41) is 3.09. The second kappa shape index (κ2) is 7.95. The van der Waals surface area contributed by atoms with Crippen LogP contribution >= 0.6 is 23.2 Å². The van der Waals surface area contributed by atoms with Crippen molar-refractivity contribution < 1.29 is 19.1 Å². The van der Waals surface area contributed by atoms with Crippen LogP contribution in [0.15, 0.2) is 36.4 Å². The van der Waals surface area contributed by atoms with Crippen molar-refractivity contribution >= 4 is 47.1 Å². The van der Waals surface area contributed by atoms with Crippen LogP contribution < -0.4 is 5.32 Å². The third kappa shape index (κ3) is 4.13. The molecule has 2 rings (SSSR count). The quantitative estimate of drug-likeness (QED) is 0.643. The average molecular weight is 366 g/mol. The Morgan fingerprint density at radius 3 is 2.58 bits per heavy atom. The maximum Gasteiger partial charge on any atom is 0.339 e. The lowest BCUT2D eigenvalue weighted by atomic mass is 10.1. The highest BCUT2D eigenvalue weighted by molar-refractivity contribution is 6.40. The van der Waals surface area contributed by atoms with Gasteiger partial charge < -0.3 is 10.1 Å². The van der Waals surface area contributed by atoms with E-state index in [1.165, 1.54) is 12.1 Å². The summed E-state index contributed by atoms with van der Waals surface area (Å²) in [6.07, 6.45) is 0.545. The number of esters is 1. The van der Waals surface area contributed by atoms with Crippen molar-refractivity contribution in [1.29, 1.82) is 0 Å². The van der Waals surface area contributed by atoms with Crippen LogP contribution in [0, 0.1) is 6.92 Å². The van der Waals surface area contributed by atoms with Crippen molar-refractivity contribution in [2.24, 2.45) is 0 Å². The summed E-state index contributed by atoms with van der Waals surface area (Å²) in [5.74, 6) is -1.37. The van der Waals surface area contributed by atoms with E-state index in [2.05, 4.69) is 5.32 Å². The van der Waals surface area contributed by atoms with Gasteiger partial charge in [0.25, 0.3) is 5.91 Å². The molecule has 5 nitrogen and oxygen atoms in total. The molecule has 1 amide bonds. The maximum atomic E-state index is 12.0. The van der Waals surface area contributed by atoms with Crippen LogP contribution in [0.3, 0.4) is 0 Å². The van der Waals surface area contributed by atoms with Gasteiger partial charge in [0.05, 0.1) is 21.3 Å². The molecule has 2 aromatic carbocycles. The number of halogens is 2. The SMILES string of the molecule is Cc1ccc(Cl)c(NC(=O)COC(=O)c2ccccc2C=O)c1Cl. The van der Waals surface area contributed by atoms with Crippen molar-refractivity contribution in [3.8, 4) is 0 Å². The van der Waals surface area contributed by atoms with Gasteiger partial charge in [-0.25, -0.2) is 4.79 Å². The minimum atomic E-state index is -0.769. The second-order valence-electron chi connectivity index (χ2n) is 4.88. The molecule has 0 aromatic heterocycles. The van der Waals surface area contributed by atoms with Gasteiger partial charge in [0.2, 0.25) is 0 Å². The van der Waals surface area contributed by atoms with E-state index in [1.807, 2.05) is 0 Å². The first-order valence-electron chi connectivity index (χ1n) is 6.89. The molecule has 24 heavy (non-hydrogen) atoms. The minimum absolute atomic E-state index is 0.0897. The van der Waals surface area contributed by atoms with Gasteiger partial charge in [-0.1, -0.05) is 47.5 Å². The summed E-state index contributed by atoms with van der Waals surface area (Å²) in [4.78, 5) is 34.8. The van der Waals surface area contributed by atoms with E-state index in [0.29, 0.717) is 11.3 Å². The molecule has 0 saturated heterocycles. The number of anilines is 1. The van der Waals surface area contributed by atoms with Crippen molar-refractivity contribution in [3.63, 3.8) is 0 Å². The summed E-state index contributed by atoms with van der Waals surface area (Å²) >= 11 is 12.1. The van der Waals surface area contributed by atoms with Crippen molar-refractivity contribution in [3.05, 3.63) is 63.1 Å². The van der Waals surface area contributed by atoms with E-state index in [0.717, 1.165) is 5.56 Å². The molecular formula is C17H13Cl2NO4. The molecule has 0 aliphatic rings. The number of hydrogen-bond donors (Lipinski definition) is 1. The number of hydrogen-bond acceptors (Lipinski definition) is 4. The monoisotopic (exact) mass is 365 g/mol. The van der Waals surface area contributed by atoms with E-state index in [4.69, 9.17) is 27.9 Å². The fourth-order valence-electron chi connectivity index (χ4n) is 1.94. The first-order valence-corrected chi connectivity index (χ1v) is 7.65. The Bertz CT molecular complexity index is 805. The topological polar surface area (TPSA) is 72.5 Å². The lowest BCUT2D eigenvalue weighted by Crippen LogP contribution is -2.21. The van der Waals surface area contributed by atoms with Crippen LogP contribution in [-0.4, -0.2) is 24.8 Å². The van der Waals surface area contributed by atoms with Gasteiger partial charge in [-0.15, -0.1) is 0 Å². The molecule has 0 unspecified atom stereocenters. The van der Waals surface area contributed by atoms with Crippen molar-refractivity contribution in [2.75, 3.05) is 11.9 Å². The molecule has 0 aliphatic carbocycles. The number of rotatable bonds is 5. The summed E-state index contributed by atoms with van der Waals surface area (Å²) < 4.78 is 4.92. The van der Waals surface area contributed by atoms with Gasteiger partial charge in [-0.3, -0.25) is 9.59 Å². The number of amides is 1. The molecule has 124 valence electrons. The maximum absolute atomic E-state index is 12.0. The molecule has 2 aromatic rings. The van der Waals surface area contributed by atoms with Crippen LogP contribution in [0.25, 0.3) is 0 Å². The number of aldehydes is 1. The largest absolute Gasteiger partial charge is 0.452 e. The van der Waals surface area contributed by atoms with Gasteiger partial charge in [-0.2, -0.15) is 0 Å². The Hall–Kier alpha value is -2.37. The zero-order chi connectivity index (χ0) is 17.7. The lowest BCUT2D eigenvalue weighted by molar-refractivity contribution is -0.119. The molecule has 0 heterocycles. The van der Waals surface area contributed by atoms with Crippen molar-refractivity contribution in [2.45, 2.75) is 6.92 Å². The van der Waals surface area contributed by atoms with Gasteiger partial charge >= 0.3 is 5.97 Å².